The summed E-state index contributed by atoms with van der Waals surface area (Å²) in [4.78, 5) is 0. The van der Waals surface area contributed by atoms with Gasteiger partial charge in [-0.3, -0.25) is 0 Å². The predicted octanol–water partition coefficient (Wildman–Crippen LogP) is 2.19. The van der Waals surface area contributed by atoms with Gasteiger partial charge in [-0.25, -0.2) is 0 Å². The third kappa shape index (κ3) is 0.891. The first kappa shape index (κ1) is 7.37. The standard InChI is InChI=1S/C11H18O/c12-10-5-8-3-1-7-2-4-9(6-10)11(7)8/h7-12H,1-6H2. The fourth-order valence-corrected chi connectivity index (χ4v) is 4.27. The lowest BCUT2D eigenvalue weighted by atomic mass is 9.73. The summed E-state index contributed by atoms with van der Waals surface area (Å²) in [6.07, 6.45) is 8.08. The normalized spacial score (nSPS) is 57.2. The molecule has 0 radical (unpaired) electrons. The van der Waals surface area contributed by atoms with Crippen LogP contribution in [-0.4, -0.2) is 11.2 Å². The lowest BCUT2D eigenvalue weighted by molar-refractivity contribution is 0.0454. The molecular formula is C11H18O. The van der Waals surface area contributed by atoms with E-state index in [4.69, 9.17) is 0 Å². The van der Waals surface area contributed by atoms with Gasteiger partial charge in [-0.15, -0.1) is 0 Å². The fourth-order valence-electron chi connectivity index (χ4n) is 4.27. The largest absolute Gasteiger partial charge is 0.393 e. The van der Waals surface area contributed by atoms with Crippen LogP contribution in [0.15, 0.2) is 0 Å². The first-order chi connectivity index (χ1) is 5.84. The highest BCUT2D eigenvalue weighted by molar-refractivity contribution is 4.98. The first-order valence-corrected chi connectivity index (χ1v) is 5.52. The Hall–Kier alpha value is -0.0400. The van der Waals surface area contributed by atoms with Crippen LogP contribution in [-0.2, 0) is 0 Å². The average Bonchev–Trinajstić information content (AvgIpc) is 2.59. The summed E-state index contributed by atoms with van der Waals surface area (Å²) >= 11 is 0. The van der Waals surface area contributed by atoms with Crippen LogP contribution in [0.25, 0.3) is 0 Å². The lowest BCUT2D eigenvalue weighted by Crippen LogP contribution is -2.31. The van der Waals surface area contributed by atoms with E-state index in [0.717, 1.165) is 36.5 Å². The van der Waals surface area contributed by atoms with E-state index in [9.17, 15) is 5.11 Å². The minimum Gasteiger partial charge on any atom is -0.393 e. The van der Waals surface area contributed by atoms with E-state index >= 15 is 0 Å². The highest BCUT2D eigenvalue weighted by Crippen LogP contribution is 2.56. The SMILES string of the molecule is OC1CC2CCC3CCC(C1)C32. The van der Waals surface area contributed by atoms with Gasteiger partial charge < -0.3 is 5.11 Å². The average molecular weight is 166 g/mol. The van der Waals surface area contributed by atoms with Crippen molar-refractivity contribution >= 4 is 0 Å². The molecule has 3 saturated carbocycles. The number of aliphatic hydroxyl groups is 1. The van der Waals surface area contributed by atoms with Crippen LogP contribution in [0.4, 0.5) is 0 Å². The third-order valence-electron chi connectivity index (χ3n) is 4.60. The molecule has 0 saturated heterocycles. The van der Waals surface area contributed by atoms with Gasteiger partial charge in [-0.05, 0) is 62.2 Å². The van der Waals surface area contributed by atoms with Crippen LogP contribution in [0.1, 0.15) is 38.5 Å². The molecule has 3 aliphatic carbocycles. The van der Waals surface area contributed by atoms with Gasteiger partial charge in [0.1, 0.15) is 0 Å². The zero-order chi connectivity index (χ0) is 8.13. The molecule has 0 bridgehead atoms. The molecule has 0 heterocycles. The van der Waals surface area contributed by atoms with Crippen molar-refractivity contribution in [3.05, 3.63) is 0 Å². The van der Waals surface area contributed by atoms with Gasteiger partial charge in [-0.1, -0.05) is 0 Å². The van der Waals surface area contributed by atoms with Crippen LogP contribution in [0.2, 0.25) is 0 Å². The van der Waals surface area contributed by atoms with Crippen molar-refractivity contribution in [1.82, 2.24) is 0 Å². The molecule has 0 aromatic heterocycles. The molecule has 2 atom stereocenters. The van der Waals surface area contributed by atoms with Crippen molar-refractivity contribution in [2.75, 3.05) is 0 Å². The maximum Gasteiger partial charge on any atom is 0.0545 e. The first-order valence-electron chi connectivity index (χ1n) is 5.52. The van der Waals surface area contributed by atoms with Gasteiger partial charge >= 0.3 is 0 Å². The Bertz CT molecular complexity index is 171. The molecule has 1 N–H and O–H groups in total. The molecule has 3 rings (SSSR count). The molecule has 0 spiro atoms. The summed E-state index contributed by atoms with van der Waals surface area (Å²) in [6.45, 7) is 0. The Morgan fingerprint density at radius 1 is 0.750 bits per heavy atom. The van der Waals surface area contributed by atoms with E-state index in [2.05, 4.69) is 0 Å². The van der Waals surface area contributed by atoms with Gasteiger partial charge in [0.2, 0.25) is 0 Å². The number of rotatable bonds is 0. The van der Waals surface area contributed by atoms with Crippen LogP contribution in [0.5, 0.6) is 0 Å². The van der Waals surface area contributed by atoms with Gasteiger partial charge in [0.15, 0.2) is 0 Å². The predicted molar refractivity (Wildman–Crippen MR) is 47.7 cm³/mol. The lowest BCUT2D eigenvalue weighted by Gasteiger charge is -2.34. The molecule has 0 aromatic rings. The maximum absolute atomic E-state index is 9.68. The molecule has 0 aliphatic heterocycles. The molecule has 3 fully saturated rings. The third-order valence-corrected chi connectivity index (χ3v) is 4.60. The highest BCUT2D eigenvalue weighted by atomic mass is 16.3. The molecule has 3 aliphatic rings. The summed E-state index contributed by atoms with van der Waals surface area (Å²) in [6, 6.07) is 0. The second kappa shape index (κ2) is 2.47. The highest BCUT2D eigenvalue weighted by Gasteiger charge is 2.48. The van der Waals surface area contributed by atoms with Crippen molar-refractivity contribution in [1.29, 1.82) is 0 Å². The minimum absolute atomic E-state index is 0.0492. The van der Waals surface area contributed by atoms with Gasteiger partial charge in [-0.2, -0.15) is 0 Å². The molecular weight excluding hydrogens is 148 g/mol. The van der Waals surface area contributed by atoms with Crippen molar-refractivity contribution < 1.29 is 5.11 Å². The van der Waals surface area contributed by atoms with E-state index in [1.807, 2.05) is 0 Å². The van der Waals surface area contributed by atoms with Gasteiger partial charge in [0.05, 0.1) is 6.10 Å². The number of hydrogen-bond donors (Lipinski definition) is 1. The van der Waals surface area contributed by atoms with Crippen LogP contribution in [0.3, 0.4) is 0 Å². The van der Waals surface area contributed by atoms with E-state index in [1.165, 1.54) is 25.7 Å². The van der Waals surface area contributed by atoms with E-state index < -0.39 is 0 Å². The second-order valence-corrected chi connectivity index (χ2v) is 5.14. The molecule has 1 nitrogen and oxygen atoms in total. The Kier molecular flexibility index (Phi) is 1.52. The van der Waals surface area contributed by atoms with Gasteiger partial charge in [0, 0.05) is 0 Å². The maximum atomic E-state index is 9.68. The number of aliphatic hydroxyl groups excluding tert-OH is 1. The quantitative estimate of drug-likeness (QED) is 0.585. The Morgan fingerprint density at radius 3 is 1.83 bits per heavy atom. The summed E-state index contributed by atoms with van der Waals surface area (Å²) in [5.41, 5.74) is 0. The Labute approximate surface area is 74.2 Å². The molecule has 0 amide bonds. The smallest absolute Gasteiger partial charge is 0.0545 e. The van der Waals surface area contributed by atoms with Crippen LogP contribution >= 0.6 is 0 Å². The molecule has 1 heteroatoms. The molecule has 2 unspecified atom stereocenters. The minimum atomic E-state index is 0.0492. The van der Waals surface area contributed by atoms with E-state index in [1.54, 1.807) is 0 Å². The topological polar surface area (TPSA) is 20.2 Å². The van der Waals surface area contributed by atoms with Crippen molar-refractivity contribution in [2.45, 2.75) is 44.6 Å². The van der Waals surface area contributed by atoms with Crippen molar-refractivity contribution in [2.24, 2.45) is 23.7 Å². The monoisotopic (exact) mass is 166 g/mol. The molecule has 68 valence electrons. The van der Waals surface area contributed by atoms with Crippen molar-refractivity contribution in [3.63, 3.8) is 0 Å². The second-order valence-electron chi connectivity index (χ2n) is 5.14. The summed E-state index contributed by atoms with van der Waals surface area (Å²) in [5, 5.41) is 9.68. The summed E-state index contributed by atoms with van der Waals surface area (Å²) in [5.74, 6) is 3.92. The summed E-state index contributed by atoms with van der Waals surface area (Å²) in [7, 11) is 0. The van der Waals surface area contributed by atoms with Crippen LogP contribution < -0.4 is 0 Å². The molecule has 12 heavy (non-hydrogen) atoms. The van der Waals surface area contributed by atoms with Crippen molar-refractivity contribution in [3.8, 4) is 0 Å². The van der Waals surface area contributed by atoms with Gasteiger partial charge in [0.25, 0.3) is 0 Å². The zero-order valence-corrected chi connectivity index (χ0v) is 7.58. The fraction of sp³-hybridized carbons (Fsp3) is 1.00. The Morgan fingerprint density at radius 2 is 1.25 bits per heavy atom. The van der Waals surface area contributed by atoms with E-state index in [-0.39, 0.29) is 6.10 Å². The van der Waals surface area contributed by atoms with E-state index in [0.29, 0.717) is 0 Å². The Balaban J connectivity index is 1.86. The summed E-state index contributed by atoms with van der Waals surface area (Å²) < 4.78 is 0. The van der Waals surface area contributed by atoms with Crippen LogP contribution in [0, 0.1) is 23.7 Å². The zero-order valence-electron chi connectivity index (χ0n) is 7.58. The number of hydrogen-bond acceptors (Lipinski definition) is 1. The molecule has 0 aromatic carbocycles.